The molecular weight excluding hydrogens is 257 g/mol. The average molecular weight is 275 g/mol. The van der Waals surface area contributed by atoms with Gasteiger partial charge in [-0.15, -0.1) is 5.10 Å². The van der Waals surface area contributed by atoms with E-state index >= 15 is 0 Å². The van der Waals surface area contributed by atoms with Crippen molar-refractivity contribution in [3.8, 4) is 11.3 Å². The largest absolute Gasteiger partial charge is 0.381 e. The van der Waals surface area contributed by atoms with Crippen molar-refractivity contribution < 1.29 is 9.13 Å². The van der Waals surface area contributed by atoms with Crippen LogP contribution in [-0.4, -0.2) is 28.2 Å². The van der Waals surface area contributed by atoms with Crippen LogP contribution in [0.1, 0.15) is 19.3 Å². The predicted octanol–water partition coefficient (Wildman–Crippen LogP) is 2.90. The van der Waals surface area contributed by atoms with Gasteiger partial charge in [0.25, 0.3) is 0 Å². The molecule has 0 radical (unpaired) electrons. The first kappa shape index (κ1) is 13.2. The Labute approximate surface area is 117 Å². The molecule has 1 aromatic carbocycles. The highest BCUT2D eigenvalue weighted by Gasteiger charge is 2.14. The molecule has 0 saturated carbocycles. The maximum absolute atomic E-state index is 13.7. The molecule has 0 aliphatic carbocycles. The lowest BCUT2D eigenvalue weighted by Crippen LogP contribution is -2.17. The summed E-state index contributed by atoms with van der Waals surface area (Å²) in [6.07, 6.45) is 5.13. The van der Waals surface area contributed by atoms with E-state index in [9.17, 15) is 4.39 Å². The number of ether oxygens (including phenoxy) is 1. The van der Waals surface area contributed by atoms with Crippen molar-refractivity contribution in [2.24, 2.45) is 5.92 Å². The molecule has 1 aliphatic heterocycles. The Morgan fingerprint density at radius 3 is 2.85 bits per heavy atom. The summed E-state index contributed by atoms with van der Waals surface area (Å²) in [6.45, 7) is 2.55. The molecule has 3 rings (SSSR count). The molecule has 0 unspecified atom stereocenters. The highest BCUT2D eigenvalue weighted by atomic mass is 19.1. The number of aryl methyl sites for hydroxylation is 1. The number of rotatable bonds is 4. The van der Waals surface area contributed by atoms with Crippen LogP contribution < -0.4 is 0 Å². The molecule has 0 N–H and O–H groups in total. The van der Waals surface area contributed by atoms with E-state index in [0.29, 0.717) is 17.2 Å². The third kappa shape index (κ3) is 3.04. The van der Waals surface area contributed by atoms with Crippen molar-refractivity contribution in [3.05, 3.63) is 36.3 Å². The SMILES string of the molecule is Fc1ccccc1-c1cn(CCC2CCOCC2)nn1. The summed E-state index contributed by atoms with van der Waals surface area (Å²) >= 11 is 0. The zero-order valence-electron chi connectivity index (χ0n) is 11.3. The van der Waals surface area contributed by atoms with Crippen molar-refractivity contribution >= 4 is 0 Å². The van der Waals surface area contributed by atoms with E-state index in [1.807, 2.05) is 6.20 Å². The molecule has 1 fully saturated rings. The number of hydrogen-bond donors (Lipinski definition) is 0. The lowest BCUT2D eigenvalue weighted by Gasteiger charge is -2.21. The molecule has 0 atom stereocenters. The minimum Gasteiger partial charge on any atom is -0.381 e. The average Bonchev–Trinajstić information content (AvgIpc) is 2.95. The van der Waals surface area contributed by atoms with Crippen LogP contribution in [0.25, 0.3) is 11.3 Å². The van der Waals surface area contributed by atoms with E-state index in [1.54, 1.807) is 22.9 Å². The van der Waals surface area contributed by atoms with Crippen molar-refractivity contribution in [2.75, 3.05) is 13.2 Å². The van der Waals surface area contributed by atoms with Crippen molar-refractivity contribution in [3.63, 3.8) is 0 Å². The number of aromatic nitrogens is 3. The number of nitrogens with zero attached hydrogens (tertiary/aromatic N) is 3. The fourth-order valence-electron chi connectivity index (χ4n) is 2.55. The number of halogens is 1. The van der Waals surface area contributed by atoms with E-state index in [-0.39, 0.29) is 5.82 Å². The van der Waals surface area contributed by atoms with E-state index in [1.165, 1.54) is 6.07 Å². The van der Waals surface area contributed by atoms with Gasteiger partial charge in [-0.1, -0.05) is 17.3 Å². The summed E-state index contributed by atoms with van der Waals surface area (Å²) in [4.78, 5) is 0. The molecule has 2 heterocycles. The molecular formula is C15H18FN3O. The summed E-state index contributed by atoms with van der Waals surface area (Å²) in [5.74, 6) is 0.439. The lowest BCUT2D eigenvalue weighted by atomic mass is 9.97. The van der Waals surface area contributed by atoms with E-state index in [2.05, 4.69) is 10.3 Å². The normalized spacial score (nSPS) is 16.4. The standard InChI is InChI=1S/C15H18FN3O/c16-14-4-2-1-3-13(14)15-11-19(18-17-15)8-5-12-6-9-20-10-7-12/h1-4,11-12H,5-10H2. The molecule has 5 heteroatoms. The summed E-state index contributed by atoms with van der Waals surface area (Å²) in [5, 5.41) is 8.15. The maximum Gasteiger partial charge on any atom is 0.132 e. The number of hydrogen-bond acceptors (Lipinski definition) is 3. The second-order valence-electron chi connectivity index (χ2n) is 5.19. The quantitative estimate of drug-likeness (QED) is 0.861. The van der Waals surface area contributed by atoms with Crippen LogP contribution in [0.4, 0.5) is 4.39 Å². The van der Waals surface area contributed by atoms with Gasteiger partial charge >= 0.3 is 0 Å². The van der Waals surface area contributed by atoms with Crippen LogP contribution in [0.5, 0.6) is 0 Å². The minimum absolute atomic E-state index is 0.260. The van der Waals surface area contributed by atoms with E-state index in [4.69, 9.17) is 4.74 Å². The molecule has 1 aliphatic rings. The monoisotopic (exact) mass is 275 g/mol. The van der Waals surface area contributed by atoms with Gasteiger partial charge in [-0.25, -0.2) is 4.39 Å². The fraction of sp³-hybridized carbons (Fsp3) is 0.467. The van der Waals surface area contributed by atoms with Gasteiger partial charge in [0.15, 0.2) is 0 Å². The second-order valence-corrected chi connectivity index (χ2v) is 5.19. The van der Waals surface area contributed by atoms with Crippen LogP contribution in [0, 0.1) is 11.7 Å². The zero-order chi connectivity index (χ0) is 13.8. The van der Waals surface area contributed by atoms with Crippen molar-refractivity contribution in [2.45, 2.75) is 25.8 Å². The first-order chi connectivity index (χ1) is 9.83. The van der Waals surface area contributed by atoms with Gasteiger partial charge in [0, 0.05) is 25.3 Å². The Morgan fingerprint density at radius 1 is 1.25 bits per heavy atom. The predicted molar refractivity (Wildman–Crippen MR) is 73.6 cm³/mol. The summed E-state index contributed by atoms with van der Waals surface area (Å²) < 4.78 is 20.8. The van der Waals surface area contributed by atoms with E-state index in [0.717, 1.165) is 39.0 Å². The fourth-order valence-corrected chi connectivity index (χ4v) is 2.55. The molecule has 0 amide bonds. The molecule has 2 aromatic rings. The molecule has 1 saturated heterocycles. The summed E-state index contributed by atoms with van der Waals surface area (Å²) in [6, 6.07) is 6.65. The topological polar surface area (TPSA) is 39.9 Å². The third-order valence-corrected chi connectivity index (χ3v) is 3.80. The highest BCUT2D eigenvalue weighted by molar-refractivity contribution is 5.58. The van der Waals surface area contributed by atoms with Crippen LogP contribution in [0.2, 0.25) is 0 Å². The zero-order valence-corrected chi connectivity index (χ0v) is 11.3. The summed E-state index contributed by atoms with van der Waals surface area (Å²) in [7, 11) is 0. The first-order valence-corrected chi connectivity index (χ1v) is 7.06. The number of benzene rings is 1. The van der Waals surface area contributed by atoms with Crippen LogP contribution >= 0.6 is 0 Å². The van der Waals surface area contributed by atoms with Crippen molar-refractivity contribution in [1.29, 1.82) is 0 Å². The van der Waals surface area contributed by atoms with Crippen LogP contribution in [-0.2, 0) is 11.3 Å². The van der Waals surface area contributed by atoms with E-state index < -0.39 is 0 Å². The molecule has 106 valence electrons. The summed E-state index contributed by atoms with van der Waals surface area (Å²) in [5.41, 5.74) is 1.10. The Morgan fingerprint density at radius 2 is 2.05 bits per heavy atom. The smallest absolute Gasteiger partial charge is 0.132 e. The second kappa shape index (κ2) is 6.13. The first-order valence-electron chi connectivity index (χ1n) is 7.06. The van der Waals surface area contributed by atoms with Gasteiger partial charge in [0.1, 0.15) is 11.5 Å². The molecule has 1 aromatic heterocycles. The van der Waals surface area contributed by atoms with Gasteiger partial charge < -0.3 is 4.74 Å². The molecule has 0 bridgehead atoms. The van der Waals surface area contributed by atoms with Gasteiger partial charge in [-0.2, -0.15) is 0 Å². The third-order valence-electron chi connectivity index (χ3n) is 3.80. The van der Waals surface area contributed by atoms with Crippen LogP contribution in [0.15, 0.2) is 30.5 Å². The minimum atomic E-state index is -0.260. The van der Waals surface area contributed by atoms with Gasteiger partial charge in [-0.05, 0) is 37.3 Å². The lowest BCUT2D eigenvalue weighted by molar-refractivity contribution is 0.0622. The Bertz CT molecular complexity index is 564. The van der Waals surface area contributed by atoms with Gasteiger partial charge in [0.05, 0.1) is 6.20 Å². The van der Waals surface area contributed by atoms with Crippen molar-refractivity contribution in [1.82, 2.24) is 15.0 Å². The van der Waals surface area contributed by atoms with Gasteiger partial charge in [0.2, 0.25) is 0 Å². The molecule has 4 nitrogen and oxygen atoms in total. The Hall–Kier alpha value is -1.75. The highest BCUT2D eigenvalue weighted by Crippen LogP contribution is 2.21. The maximum atomic E-state index is 13.7. The van der Waals surface area contributed by atoms with Gasteiger partial charge in [-0.3, -0.25) is 4.68 Å². The Kier molecular flexibility index (Phi) is 4.06. The Balaban J connectivity index is 1.63. The molecule has 0 spiro atoms. The van der Waals surface area contributed by atoms with Crippen LogP contribution in [0.3, 0.4) is 0 Å². The molecule has 20 heavy (non-hydrogen) atoms.